The van der Waals surface area contributed by atoms with Gasteiger partial charge in [0, 0.05) is 0 Å². The maximum atomic E-state index is 11.8. The molecule has 1 unspecified atom stereocenters. The Bertz CT molecular complexity index is 471. The maximum Gasteiger partial charge on any atom is 0.330 e. The molecule has 0 aromatic heterocycles. The zero-order chi connectivity index (χ0) is 14.4. The van der Waals surface area contributed by atoms with E-state index in [1.165, 1.54) is 7.11 Å². The van der Waals surface area contributed by atoms with Crippen LogP contribution in [0.5, 0.6) is 0 Å². The Morgan fingerprint density at radius 2 is 2.05 bits per heavy atom. The van der Waals surface area contributed by atoms with E-state index < -0.39 is 18.6 Å². The van der Waals surface area contributed by atoms with Crippen LogP contribution in [0, 0.1) is 13.8 Å². The van der Waals surface area contributed by atoms with Gasteiger partial charge in [0.2, 0.25) is 5.91 Å². The number of rotatable bonds is 5. The summed E-state index contributed by atoms with van der Waals surface area (Å²) in [5.74, 6) is -0.977. The highest BCUT2D eigenvalue weighted by atomic mass is 16.5. The largest absolute Gasteiger partial charge is 0.467 e. The molecule has 0 saturated heterocycles. The lowest BCUT2D eigenvalue weighted by atomic mass is 10.0. The van der Waals surface area contributed by atoms with Crippen molar-refractivity contribution in [1.29, 1.82) is 0 Å². The van der Waals surface area contributed by atoms with Gasteiger partial charge < -0.3 is 15.2 Å². The van der Waals surface area contributed by atoms with Crippen LogP contribution in [-0.4, -0.2) is 36.7 Å². The second-order valence-corrected chi connectivity index (χ2v) is 4.43. The van der Waals surface area contributed by atoms with Gasteiger partial charge in [0.25, 0.3) is 0 Å². The fraction of sp³-hybridized carbons (Fsp3) is 0.429. The Balaban J connectivity index is 2.69. The number of carbonyl (C=O) groups is 2. The van der Waals surface area contributed by atoms with E-state index in [2.05, 4.69) is 10.1 Å². The summed E-state index contributed by atoms with van der Waals surface area (Å²) < 4.78 is 4.48. The number of hydrogen-bond acceptors (Lipinski definition) is 4. The van der Waals surface area contributed by atoms with Crippen LogP contribution in [0.3, 0.4) is 0 Å². The van der Waals surface area contributed by atoms with E-state index in [9.17, 15) is 9.59 Å². The average molecular weight is 265 g/mol. The van der Waals surface area contributed by atoms with E-state index in [1.807, 2.05) is 32.0 Å². The molecule has 2 N–H and O–H groups in total. The molecule has 19 heavy (non-hydrogen) atoms. The van der Waals surface area contributed by atoms with Gasteiger partial charge in [-0.2, -0.15) is 0 Å². The third-order valence-corrected chi connectivity index (χ3v) is 2.86. The summed E-state index contributed by atoms with van der Waals surface area (Å²) in [5.41, 5.74) is 2.98. The average Bonchev–Trinajstić information content (AvgIpc) is 2.39. The Morgan fingerprint density at radius 3 is 2.63 bits per heavy atom. The van der Waals surface area contributed by atoms with Crippen LogP contribution in [0.4, 0.5) is 0 Å². The van der Waals surface area contributed by atoms with Gasteiger partial charge >= 0.3 is 5.97 Å². The molecule has 0 saturated carbocycles. The first-order valence-electron chi connectivity index (χ1n) is 6.02. The highest BCUT2D eigenvalue weighted by molar-refractivity contribution is 5.85. The van der Waals surface area contributed by atoms with Gasteiger partial charge in [0.05, 0.1) is 20.1 Å². The van der Waals surface area contributed by atoms with Crippen LogP contribution in [0.15, 0.2) is 18.2 Å². The minimum atomic E-state index is -1.01. The molecule has 0 fully saturated rings. The van der Waals surface area contributed by atoms with Gasteiger partial charge in [-0.25, -0.2) is 4.79 Å². The molecule has 1 amide bonds. The molecule has 1 aromatic rings. The molecule has 0 spiro atoms. The number of hydrogen-bond donors (Lipinski definition) is 2. The second-order valence-electron chi connectivity index (χ2n) is 4.43. The van der Waals surface area contributed by atoms with Crippen molar-refractivity contribution in [2.45, 2.75) is 26.3 Å². The molecule has 1 atom stereocenters. The van der Waals surface area contributed by atoms with E-state index in [0.29, 0.717) is 0 Å². The highest BCUT2D eigenvalue weighted by Crippen LogP contribution is 2.11. The molecule has 1 rings (SSSR count). The molecule has 0 bridgehead atoms. The number of esters is 1. The summed E-state index contributed by atoms with van der Waals surface area (Å²) in [6.45, 7) is 3.39. The summed E-state index contributed by atoms with van der Waals surface area (Å²) >= 11 is 0. The van der Waals surface area contributed by atoms with Gasteiger partial charge in [0.15, 0.2) is 6.04 Å². The summed E-state index contributed by atoms with van der Waals surface area (Å²) in [4.78, 5) is 23.1. The minimum Gasteiger partial charge on any atom is -0.467 e. The number of aryl methyl sites for hydroxylation is 2. The van der Waals surface area contributed by atoms with Crippen molar-refractivity contribution in [2.24, 2.45) is 0 Å². The third-order valence-electron chi connectivity index (χ3n) is 2.86. The molecule has 1 aromatic carbocycles. The molecule has 0 radical (unpaired) electrons. The lowest BCUT2D eigenvalue weighted by Gasteiger charge is -2.14. The Kier molecular flexibility index (Phi) is 5.51. The molecule has 5 heteroatoms. The van der Waals surface area contributed by atoms with Crippen molar-refractivity contribution in [3.63, 3.8) is 0 Å². The van der Waals surface area contributed by atoms with E-state index in [4.69, 9.17) is 5.11 Å². The third kappa shape index (κ3) is 4.37. The molecule has 0 aliphatic rings. The van der Waals surface area contributed by atoms with E-state index in [1.54, 1.807) is 0 Å². The van der Waals surface area contributed by atoms with Crippen LogP contribution < -0.4 is 5.32 Å². The van der Waals surface area contributed by atoms with Gasteiger partial charge in [0.1, 0.15) is 0 Å². The SMILES string of the molecule is COC(=O)C(CO)NC(=O)Cc1cc(C)ccc1C. The second kappa shape index (κ2) is 6.89. The van der Waals surface area contributed by atoms with Crippen molar-refractivity contribution in [1.82, 2.24) is 5.32 Å². The smallest absolute Gasteiger partial charge is 0.330 e. The Morgan fingerprint density at radius 1 is 1.37 bits per heavy atom. The van der Waals surface area contributed by atoms with Crippen LogP contribution in [0.2, 0.25) is 0 Å². The Labute approximate surface area is 112 Å². The molecule has 5 nitrogen and oxygen atoms in total. The van der Waals surface area contributed by atoms with Crippen molar-refractivity contribution in [2.75, 3.05) is 13.7 Å². The number of methoxy groups -OCH3 is 1. The van der Waals surface area contributed by atoms with Crippen LogP contribution in [0.25, 0.3) is 0 Å². The predicted octanol–water partition coefficient (Wildman–Crippen LogP) is 0.496. The Hall–Kier alpha value is -1.88. The first-order chi connectivity index (χ1) is 8.97. The van der Waals surface area contributed by atoms with Gasteiger partial charge in [-0.1, -0.05) is 23.8 Å². The number of amides is 1. The van der Waals surface area contributed by atoms with Crippen molar-refractivity contribution >= 4 is 11.9 Å². The summed E-state index contributed by atoms with van der Waals surface area (Å²) in [6, 6.07) is 4.84. The molecule has 0 aliphatic carbocycles. The van der Waals surface area contributed by atoms with E-state index in [-0.39, 0.29) is 12.3 Å². The van der Waals surface area contributed by atoms with Gasteiger partial charge in [-0.05, 0) is 25.0 Å². The first kappa shape index (κ1) is 15.2. The van der Waals surface area contributed by atoms with Crippen molar-refractivity contribution < 1.29 is 19.4 Å². The molecular formula is C14H19NO4. The summed E-state index contributed by atoms with van der Waals surface area (Å²) in [6.07, 6.45) is 0.168. The zero-order valence-corrected chi connectivity index (χ0v) is 11.4. The van der Waals surface area contributed by atoms with E-state index >= 15 is 0 Å². The summed E-state index contributed by atoms with van der Waals surface area (Å²) in [5, 5.41) is 11.5. The van der Waals surface area contributed by atoms with Crippen molar-refractivity contribution in [3.05, 3.63) is 34.9 Å². The molecule has 0 heterocycles. The monoisotopic (exact) mass is 265 g/mol. The van der Waals surface area contributed by atoms with Crippen LogP contribution in [0.1, 0.15) is 16.7 Å². The molecule has 104 valence electrons. The zero-order valence-electron chi connectivity index (χ0n) is 11.4. The van der Waals surface area contributed by atoms with Crippen LogP contribution >= 0.6 is 0 Å². The number of ether oxygens (including phenoxy) is 1. The lowest BCUT2D eigenvalue weighted by Crippen LogP contribution is -2.44. The molecular weight excluding hydrogens is 246 g/mol. The highest BCUT2D eigenvalue weighted by Gasteiger charge is 2.20. The fourth-order valence-corrected chi connectivity index (χ4v) is 1.73. The van der Waals surface area contributed by atoms with Crippen molar-refractivity contribution in [3.8, 4) is 0 Å². The lowest BCUT2D eigenvalue weighted by molar-refractivity contribution is -0.146. The predicted molar refractivity (Wildman–Crippen MR) is 70.7 cm³/mol. The first-order valence-corrected chi connectivity index (χ1v) is 6.02. The van der Waals surface area contributed by atoms with Gasteiger partial charge in [-0.15, -0.1) is 0 Å². The number of nitrogens with one attached hydrogen (secondary N) is 1. The maximum absolute atomic E-state index is 11.8. The number of aliphatic hydroxyl groups excluding tert-OH is 1. The molecule has 0 aliphatic heterocycles. The van der Waals surface area contributed by atoms with Gasteiger partial charge in [-0.3, -0.25) is 4.79 Å². The summed E-state index contributed by atoms with van der Waals surface area (Å²) in [7, 11) is 1.21. The fourth-order valence-electron chi connectivity index (χ4n) is 1.73. The standard InChI is InChI=1S/C14H19NO4/c1-9-4-5-10(2)11(6-9)7-13(17)15-12(8-16)14(18)19-3/h4-6,12,16H,7-8H2,1-3H3,(H,15,17). The quantitative estimate of drug-likeness (QED) is 0.760. The topological polar surface area (TPSA) is 75.6 Å². The number of aliphatic hydroxyl groups is 1. The number of benzene rings is 1. The minimum absolute atomic E-state index is 0.168. The number of carbonyl (C=O) groups excluding carboxylic acids is 2. The van der Waals surface area contributed by atoms with E-state index in [0.717, 1.165) is 16.7 Å². The van der Waals surface area contributed by atoms with Crippen LogP contribution in [-0.2, 0) is 20.7 Å². The normalized spacial score (nSPS) is 11.8.